The van der Waals surface area contributed by atoms with Crippen LogP contribution in [0.3, 0.4) is 0 Å². The van der Waals surface area contributed by atoms with Gasteiger partial charge in [0.05, 0.1) is 37.4 Å². The highest BCUT2D eigenvalue weighted by Gasteiger charge is 2.18. The van der Waals surface area contributed by atoms with Gasteiger partial charge in [0.25, 0.3) is 5.56 Å². The molecular formula is C23H19ClN2O4. The van der Waals surface area contributed by atoms with Gasteiger partial charge in [0, 0.05) is 11.1 Å². The second kappa shape index (κ2) is 8.08. The number of rotatable bonds is 5. The molecule has 0 saturated carbocycles. The Morgan fingerprint density at radius 2 is 1.50 bits per heavy atom. The van der Waals surface area contributed by atoms with Crippen molar-refractivity contribution in [1.29, 1.82) is 0 Å². The molecule has 0 fully saturated rings. The summed E-state index contributed by atoms with van der Waals surface area (Å²) in [6.45, 7) is 0.291. The lowest BCUT2D eigenvalue weighted by Gasteiger charge is -2.16. The molecule has 6 nitrogen and oxygen atoms in total. The van der Waals surface area contributed by atoms with Crippen LogP contribution in [0, 0.1) is 0 Å². The molecule has 0 atom stereocenters. The van der Waals surface area contributed by atoms with E-state index < -0.39 is 11.2 Å². The Morgan fingerprint density at radius 1 is 0.867 bits per heavy atom. The topological polar surface area (TPSA) is 62.5 Å². The molecule has 30 heavy (non-hydrogen) atoms. The van der Waals surface area contributed by atoms with Gasteiger partial charge in [-0.3, -0.25) is 9.36 Å². The van der Waals surface area contributed by atoms with E-state index in [1.807, 2.05) is 30.3 Å². The molecule has 0 unspecified atom stereocenters. The number of fused-ring (bicyclic) bond motifs is 1. The zero-order valence-electron chi connectivity index (χ0n) is 16.5. The van der Waals surface area contributed by atoms with Crippen LogP contribution in [0.25, 0.3) is 16.6 Å². The Balaban J connectivity index is 2.09. The molecule has 0 amide bonds. The molecule has 1 heterocycles. The van der Waals surface area contributed by atoms with Gasteiger partial charge < -0.3 is 9.47 Å². The van der Waals surface area contributed by atoms with E-state index in [1.54, 1.807) is 41.0 Å². The first-order valence-electron chi connectivity index (χ1n) is 9.25. The highest BCUT2D eigenvalue weighted by atomic mass is 35.5. The van der Waals surface area contributed by atoms with E-state index in [9.17, 15) is 9.59 Å². The van der Waals surface area contributed by atoms with Crippen LogP contribution in [-0.4, -0.2) is 23.4 Å². The number of benzene rings is 3. The molecule has 0 bridgehead atoms. The predicted octanol–water partition coefficient (Wildman–Crippen LogP) is 3.87. The highest BCUT2D eigenvalue weighted by Crippen LogP contribution is 2.30. The third kappa shape index (κ3) is 3.46. The lowest BCUT2D eigenvalue weighted by atomic mass is 10.1. The Morgan fingerprint density at radius 3 is 2.13 bits per heavy atom. The van der Waals surface area contributed by atoms with Crippen molar-refractivity contribution in [3.05, 3.63) is 98.2 Å². The van der Waals surface area contributed by atoms with Gasteiger partial charge >= 0.3 is 5.69 Å². The summed E-state index contributed by atoms with van der Waals surface area (Å²) in [5.74, 6) is 0.851. The molecule has 0 aliphatic heterocycles. The number of nitrogens with zero attached hydrogens (tertiary/aromatic N) is 2. The Labute approximate surface area is 177 Å². The van der Waals surface area contributed by atoms with E-state index in [2.05, 4.69) is 0 Å². The summed E-state index contributed by atoms with van der Waals surface area (Å²) >= 11 is 5.98. The Hall–Kier alpha value is -3.51. The van der Waals surface area contributed by atoms with Crippen LogP contribution < -0.4 is 20.7 Å². The number of ether oxygens (including phenoxy) is 2. The molecule has 0 radical (unpaired) electrons. The zero-order chi connectivity index (χ0) is 21.3. The molecule has 0 N–H and O–H groups in total. The minimum Gasteiger partial charge on any atom is -0.493 e. The molecule has 152 valence electrons. The Kier molecular flexibility index (Phi) is 5.33. The van der Waals surface area contributed by atoms with Crippen LogP contribution in [-0.2, 0) is 6.54 Å². The summed E-state index contributed by atoms with van der Waals surface area (Å²) in [7, 11) is 3.01. The summed E-state index contributed by atoms with van der Waals surface area (Å²) in [5.41, 5.74) is 0.940. The van der Waals surface area contributed by atoms with Crippen molar-refractivity contribution in [2.24, 2.45) is 0 Å². The van der Waals surface area contributed by atoms with E-state index in [4.69, 9.17) is 21.1 Å². The van der Waals surface area contributed by atoms with E-state index in [0.717, 1.165) is 10.1 Å². The maximum atomic E-state index is 13.5. The van der Waals surface area contributed by atoms with E-state index in [-0.39, 0.29) is 0 Å². The molecule has 0 saturated heterocycles. The van der Waals surface area contributed by atoms with Crippen molar-refractivity contribution in [2.75, 3.05) is 14.2 Å². The average molecular weight is 423 g/mol. The second-order valence-electron chi connectivity index (χ2n) is 6.70. The molecule has 7 heteroatoms. The third-order valence-electron chi connectivity index (χ3n) is 4.92. The summed E-state index contributed by atoms with van der Waals surface area (Å²) < 4.78 is 13.5. The maximum Gasteiger partial charge on any atom is 0.336 e. The van der Waals surface area contributed by atoms with Crippen molar-refractivity contribution in [1.82, 2.24) is 9.13 Å². The van der Waals surface area contributed by atoms with Crippen molar-refractivity contribution in [3.63, 3.8) is 0 Å². The fourth-order valence-corrected chi connectivity index (χ4v) is 3.56. The fraction of sp³-hybridized carbons (Fsp3) is 0.130. The second-order valence-corrected chi connectivity index (χ2v) is 7.13. The molecular weight excluding hydrogens is 404 g/mol. The maximum absolute atomic E-state index is 13.5. The lowest BCUT2D eigenvalue weighted by Crippen LogP contribution is -2.39. The molecule has 0 spiro atoms. The highest BCUT2D eigenvalue weighted by molar-refractivity contribution is 6.30. The van der Waals surface area contributed by atoms with Gasteiger partial charge in [0.15, 0.2) is 11.5 Å². The van der Waals surface area contributed by atoms with Crippen LogP contribution in [0.15, 0.2) is 76.3 Å². The first-order chi connectivity index (χ1) is 14.5. The van der Waals surface area contributed by atoms with Crippen LogP contribution in [0.1, 0.15) is 5.56 Å². The van der Waals surface area contributed by atoms with Crippen LogP contribution in [0.2, 0.25) is 5.02 Å². The molecule has 4 rings (SSSR count). The molecule has 1 aromatic heterocycles. The number of methoxy groups -OCH3 is 2. The van der Waals surface area contributed by atoms with Crippen LogP contribution in [0.4, 0.5) is 0 Å². The van der Waals surface area contributed by atoms with Gasteiger partial charge in [0.1, 0.15) is 0 Å². The molecule has 4 aromatic rings. The van der Waals surface area contributed by atoms with E-state index in [1.165, 1.54) is 14.2 Å². The predicted molar refractivity (Wildman–Crippen MR) is 117 cm³/mol. The standard InChI is InChI=1S/C23H19ClN2O4/c1-29-20-12-18-19(13-21(20)30-2)25(14-15-6-4-3-5-7-15)23(28)26(22(18)27)17-10-8-16(24)9-11-17/h3-13H,14H2,1-2H3. The summed E-state index contributed by atoms with van der Waals surface area (Å²) in [4.78, 5) is 26.8. The van der Waals surface area contributed by atoms with Crippen molar-refractivity contribution < 1.29 is 9.47 Å². The fourth-order valence-electron chi connectivity index (χ4n) is 3.43. The molecule has 3 aromatic carbocycles. The molecule has 0 aliphatic carbocycles. The van der Waals surface area contributed by atoms with Gasteiger partial charge in [-0.1, -0.05) is 41.9 Å². The van der Waals surface area contributed by atoms with Crippen LogP contribution in [0.5, 0.6) is 11.5 Å². The summed E-state index contributed by atoms with van der Waals surface area (Å²) in [6.07, 6.45) is 0. The van der Waals surface area contributed by atoms with Crippen LogP contribution >= 0.6 is 11.6 Å². The average Bonchev–Trinajstić information content (AvgIpc) is 2.77. The van der Waals surface area contributed by atoms with Gasteiger partial charge in [-0.05, 0) is 35.9 Å². The number of halogens is 1. The minimum atomic E-state index is -0.453. The molecule has 0 aliphatic rings. The van der Waals surface area contributed by atoms with E-state index >= 15 is 0 Å². The minimum absolute atomic E-state index is 0.291. The third-order valence-corrected chi connectivity index (χ3v) is 5.17. The normalized spacial score (nSPS) is 10.9. The first kappa shape index (κ1) is 19.8. The van der Waals surface area contributed by atoms with E-state index in [0.29, 0.717) is 39.7 Å². The van der Waals surface area contributed by atoms with Gasteiger partial charge in [-0.15, -0.1) is 0 Å². The van der Waals surface area contributed by atoms with Gasteiger partial charge in [-0.2, -0.15) is 0 Å². The smallest absolute Gasteiger partial charge is 0.336 e. The zero-order valence-corrected chi connectivity index (χ0v) is 17.2. The summed E-state index contributed by atoms with van der Waals surface area (Å²) in [5, 5.41) is 0.863. The Bertz CT molecular complexity index is 1330. The van der Waals surface area contributed by atoms with Crippen molar-refractivity contribution in [2.45, 2.75) is 6.54 Å². The van der Waals surface area contributed by atoms with Crippen molar-refractivity contribution in [3.8, 4) is 17.2 Å². The summed E-state index contributed by atoms with van der Waals surface area (Å²) in [6, 6.07) is 19.4. The van der Waals surface area contributed by atoms with Gasteiger partial charge in [-0.25, -0.2) is 9.36 Å². The SMILES string of the molecule is COc1cc2c(=O)n(-c3ccc(Cl)cc3)c(=O)n(Cc3ccccc3)c2cc1OC. The number of hydrogen-bond acceptors (Lipinski definition) is 4. The lowest BCUT2D eigenvalue weighted by molar-refractivity contribution is 0.355. The monoisotopic (exact) mass is 422 g/mol. The number of aromatic nitrogens is 2. The quantitative estimate of drug-likeness (QED) is 0.490. The largest absolute Gasteiger partial charge is 0.493 e. The van der Waals surface area contributed by atoms with Crippen molar-refractivity contribution >= 4 is 22.5 Å². The number of hydrogen-bond donors (Lipinski definition) is 0. The first-order valence-corrected chi connectivity index (χ1v) is 9.62. The van der Waals surface area contributed by atoms with Gasteiger partial charge in [0.2, 0.25) is 0 Å².